The summed E-state index contributed by atoms with van der Waals surface area (Å²) in [4.78, 5) is 0. The van der Waals surface area contributed by atoms with E-state index in [0.717, 1.165) is 26.3 Å². The van der Waals surface area contributed by atoms with Crippen LogP contribution in [0.1, 0.15) is 11.1 Å². The maximum Gasteiger partial charge on any atom is 0.0576 e. The zero-order valence-corrected chi connectivity index (χ0v) is 12.2. The summed E-state index contributed by atoms with van der Waals surface area (Å²) in [5, 5.41) is 4.90. The number of anilines is 1. The lowest BCUT2D eigenvalue weighted by Gasteiger charge is -2.02. The maximum atomic E-state index is 6.03. The number of nitrogens with one attached hydrogen (secondary N) is 1. The fraction of sp³-hybridized carbons (Fsp3) is 0.0714. The number of nitrogens with zero attached hydrogens (tertiary/aromatic N) is 1. The standard InChI is InChI=1S/C14H12BrClN2/c1-10-5-6-13(8-14(10)16)18-17-9-11-3-2-4-12(15)7-11/h2-9,18H,1H3/b17-9+. The van der Waals surface area contributed by atoms with Gasteiger partial charge < -0.3 is 0 Å². The highest BCUT2D eigenvalue weighted by Crippen LogP contribution is 2.19. The molecule has 0 aliphatic carbocycles. The molecule has 0 amide bonds. The Morgan fingerprint density at radius 1 is 1.22 bits per heavy atom. The number of hydrogen-bond acceptors (Lipinski definition) is 2. The van der Waals surface area contributed by atoms with E-state index in [2.05, 4.69) is 26.5 Å². The lowest BCUT2D eigenvalue weighted by molar-refractivity contribution is 1.34. The Labute approximate surface area is 120 Å². The topological polar surface area (TPSA) is 24.4 Å². The number of rotatable bonds is 3. The van der Waals surface area contributed by atoms with Crippen LogP contribution in [-0.2, 0) is 0 Å². The van der Waals surface area contributed by atoms with Gasteiger partial charge in [-0.2, -0.15) is 5.10 Å². The van der Waals surface area contributed by atoms with Gasteiger partial charge in [-0.15, -0.1) is 0 Å². The number of aryl methyl sites for hydroxylation is 1. The Kier molecular flexibility index (Phi) is 4.39. The van der Waals surface area contributed by atoms with Gasteiger partial charge in [0.2, 0.25) is 0 Å². The van der Waals surface area contributed by atoms with Crippen LogP contribution in [0.4, 0.5) is 5.69 Å². The quantitative estimate of drug-likeness (QED) is 0.633. The molecule has 2 nitrogen and oxygen atoms in total. The molecule has 0 fully saturated rings. The van der Waals surface area contributed by atoms with Gasteiger partial charge in [-0.1, -0.05) is 45.7 Å². The second-order valence-corrected chi connectivity index (χ2v) is 5.21. The molecule has 0 saturated carbocycles. The normalized spacial score (nSPS) is 10.8. The molecule has 1 N–H and O–H groups in total. The maximum absolute atomic E-state index is 6.03. The molecule has 0 bridgehead atoms. The van der Waals surface area contributed by atoms with Crippen molar-refractivity contribution in [3.8, 4) is 0 Å². The van der Waals surface area contributed by atoms with Gasteiger partial charge in [0.15, 0.2) is 0 Å². The number of hydrogen-bond donors (Lipinski definition) is 1. The van der Waals surface area contributed by atoms with E-state index in [9.17, 15) is 0 Å². The average molecular weight is 324 g/mol. The van der Waals surface area contributed by atoms with Gasteiger partial charge in [0.1, 0.15) is 0 Å². The van der Waals surface area contributed by atoms with Crippen molar-refractivity contribution in [2.75, 3.05) is 5.43 Å². The Morgan fingerprint density at radius 3 is 2.78 bits per heavy atom. The zero-order valence-electron chi connectivity index (χ0n) is 9.82. The molecule has 0 spiro atoms. The van der Waals surface area contributed by atoms with Crippen LogP contribution in [-0.4, -0.2) is 6.21 Å². The molecule has 0 heterocycles. The molecule has 0 aliphatic heterocycles. The molecule has 0 aliphatic rings. The van der Waals surface area contributed by atoms with E-state index < -0.39 is 0 Å². The van der Waals surface area contributed by atoms with Crippen molar-refractivity contribution in [3.05, 3.63) is 63.1 Å². The van der Waals surface area contributed by atoms with Crippen LogP contribution < -0.4 is 5.43 Å². The van der Waals surface area contributed by atoms with E-state index in [0.29, 0.717) is 0 Å². The second-order valence-electron chi connectivity index (χ2n) is 3.89. The van der Waals surface area contributed by atoms with Crippen LogP contribution in [0.3, 0.4) is 0 Å². The molecule has 2 aromatic rings. The lowest BCUT2D eigenvalue weighted by Crippen LogP contribution is -1.91. The van der Waals surface area contributed by atoms with Crippen molar-refractivity contribution in [3.63, 3.8) is 0 Å². The van der Waals surface area contributed by atoms with E-state index in [-0.39, 0.29) is 0 Å². The first-order chi connectivity index (χ1) is 8.65. The average Bonchev–Trinajstić information content (AvgIpc) is 2.34. The minimum Gasteiger partial charge on any atom is -0.278 e. The van der Waals surface area contributed by atoms with E-state index in [4.69, 9.17) is 11.6 Å². The van der Waals surface area contributed by atoms with E-state index in [1.165, 1.54) is 0 Å². The van der Waals surface area contributed by atoms with Crippen molar-refractivity contribution < 1.29 is 0 Å². The Morgan fingerprint density at radius 2 is 2.06 bits per heavy atom. The van der Waals surface area contributed by atoms with Crippen LogP contribution in [0.25, 0.3) is 0 Å². The highest BCUT2D eigenvalue weighted by atomic mass is 79.9. The molecule has 92 valence electrons. The largest absolute Gasteiger partial charge is 0.278 e. The number of hydrazone groups is 1. The minimum absolute atomic E-state index is 0.734. The lowest BCUT2D eigenvalue weighted by atomic mass is 10.2. The first-order valence-electron chi connectivity index (χ1n) is 5.46. The Balaban J connectivity index is 2.05. The predicted octanol–water partition coefficient (Wildman–Crippen LogP) is 4.86. The van der Waals surface area contributed by atoms with E-state index in [1.54, 1.807) is 6.21 Å². The molecule has 0 radical (unpaired) electrons. The molecular formula is C14H12BrClN2. The third-order valence-electron chi connectivity index (χ3n) is 2.43. The monoisotopic (exact) mass is 322 g/mol. The van der Waals surface area contributed by atoms with Crippen LogP contribution in [0.15, 0.2) is 52.0 Å². The summed E-state index contributed by atoms with van der Waals surface area (Å²) in [5.41, 5.74) is 5.90. The first-order valence-corrected chi connectivity index (χ1v) is 6.63. The van der Waals surface area contributed by atoms with Crippen LogP contribution in [0.5, 0.6) is 0 Å². The first kappa shape index (κ1) is 13.1. The van der Waals surface area contributed by atoms with Gasteiger partial charge in [0.05, 0.1) is 11.9 Å². The summed E-state index contributed by atoms with van der Waals surface area (Å²) < 4.78 is 1.03. The molecule has 2 rings (SSSR count). The van der Waals surface area contributed by atoms with Gasteiger partial charge in [0.25, 0.3) is 0 Å². The van der Waals surface area contributed by atoms with Crippen molar-refractivity contribution in [1.29, 1.82) is 0 Å². The smallest absolute Gasteiger partial charge is 0.0576 e. The summed E-state index contributed by atoms with van der Waals surface area (Å²) in [6, 6.07) is 13.7. The van der Waals surface area contributed by atoms with Crippen LogP contribution >= 0.6 is 27.5 Å². The van der Waals surface area contributed by atoms with Crippen LogP contribution in [0, 0.1) is 6.92 Å². The highest BCUT2D eigenvalue weighted by molar-refractivity contribution is 9.10. The molecule has 18 heavy (non-hydrogen) atoms. The molecule has 4 heteroatoms. The van der Waals surface area contributed by atoms with Crippen molar-refractivity contribution >= 4 is 39.4 Å². The fourth-order valence-electron chi connectivity index (χ4n) is 1.43. The molecule has 0 saturated heterocycles. The molecule has 2 aromatic carbocycles. The van der Waals surface area contributed by atoms with E-state index >= 15 is 0 Å². The SMILES string of the molecule is Cc1ccc(N/N=C/c2cccc(Br)c2)cc1Cl. The van der Waals surface area contributed by atoms with Crippen molar-refractivity contribution in [1.82, 2.24) is 0 Å². The molecular weight excluding hydrogens is 312 g/mol. The molecule has 0 unspecified atom stereocenters. The zero-order chi connectivity index (χ0) is 13.0. The summed E-state index contributed by atoms with van der Waals surface area (Å²) >= 11 is 9.45. The minimum atomic E-state index is 0.734. The predicted molar refractivity (Wildman–Crippen MR) is 81.5 cm³/mol. The third kappa shape index (κ3) is 3.59. The highest BCUT2D eigenvalue weighted by Gasteiger charge is 1.96. The van der Waals surface area contributed by atoms with Gasteiger partial charge in [-0.25, -0.2) is 0 Å². The van der Waals surface area contributed by atoms with Gasteiger partial charge in [-0.3, -0.25) is 5.43 Å². The molecule has 0 aromatic heterocycles. The number of halogens is 2. The van der Waals surface area contributed by atoms with Gasteiger partial charge >= 0.3 is 0 Å². The summed E-state index contributed by atoms with van der Waals surface area (Å²) in [6.45, 7) is 1.97. The third-order valence-corrected chi connectivity index (χ3v) is 3.33. The van der Waals surface area contributed by atoms with Crippen LogP contribution in [0.2, 0.25) is 5.02 Å². The summed E-state index contributed by atoms with van der Waals surface area (Å²) in [6.07, 6.45) is 1.76. The second kappa shape index (κ2) is 6.03. The summed E-state index contributed by atoms with van der Waals surface area (Å²) in [7, 11) is 0. The van der Waals surface area contributed by atoms with Gasteiger partial charge in [-0.05, 0) is 42.3 Å². The van der Waals surface area contributed by atoms with E-state index in [1.807, 2.05) is 49.4 Å². The Hall–Kier alpha value is -1.32. The Bertz CT molecular complexity index is 582. The fourth-order valence-corrected chi connectivity index (χ4v) is 2.03. The molecule has 0 atom stereocenters. The van der Waals surface area contributed by atoms with Crippen molar-refractivity contribution in [2.45, 2.75) is 6.92 Å². The number of benzene rings is 2. The summed E-state index contributed by atoms with van der Waals surface area (Å²) in [5.74, 6) is 0. The van der Waals surface area contributed by atoms with Crippen molar-refractivity contribution in [2.24, 2.45) is 5.10 Å². The van der Waals surface area contributed by atoms with Gasteiger partial charge in [0, 0.05) is 9.50 Å².